The fourth-order valence-electron chi connectivity index (χ4n) is 1.89. The van der Waals surface area contributed by atoms with E-state index in [1.54, 1.807) is 12.5 Å². The van der Waals surface area contributed by atoms with Gasteiger partial charge in [-0.15, -0.1) is 0 Å². The predicted molar refractivity (Wildman–Crippen MR) is 70.2 cm³/mol. The van der Waals surface area contributed by atoms with Crippen molar-refractivity contribution < 1.29 is 4.42 Å². The number of aryl methyl sites for hydroxylation is 1. The monoisotopic (exact) mass is 245 g/mol. The summed E-state index contributed by atoms with van der Waals surface area (Å²) >= 11 is 0. The fraction of sp³-hybridized carbons (Fsp3) is 0.429. The van der Waals surface area contributed by atoms with Crippen LogP contribution >= 0.6 is 0 Å². The van der Waals surface area contributed by atoms with E-state index in [4.69, 9.17) is 4.42 Å². The molecule has 0 saturated heterocycles. The molecule has 96 valence electrons. The van der Waals surface area contributed by atoms with Crippen LogP contribution in [0.3, 0.4) is 0 Å². The minimum absolute atomic E-state index is 0.187. The van der Waals surface area contributed by atoms with Crippen LogP contribution in [-0.4, -0.2) is 16.5 Å². The van der Waals surface area contributed by atoms with Crippen molar-refractivity contribution in [1.29, 1.82) is 0 Å². The Morgan fingerprint density at radius 3 is 2.94 bits per heavy atom. The molecule has 1 unspecified atom stereocenters. The van der Waals surface area contributed by atoms with Gasteiger partial charge in [-0.2, -0.15) is 0 Å². The highest BCUT2D eigenvalue weighted by Gasteiger charge is 2.15. The first-order valence-electron chi connectivity index (χ1n) is 6.34. The van der Waals surface area contributed by atoms with Gasteiger partial charge in [-0.25, -0.2) is 4.98 Å². The molecule has 18 heavy (non-hydrogen) atoms. The second kappa shape index (κ2) is 6.31. The van der Waals surface area contributed by atoms with E-state index in [9.17, 15) is 0 Å². The number of hydrogen-bond donors (Lipinski definition) is 1. The molecule has 2 rings (SSSR count). The van der Waals surface area contributed by atoms with Gasteiger partial charge in [0.1, 0.15) is 6.26 Å². The average molecular weight is 245 g/mol. The highest BCUT2D eigenvalue weighted by molar-refractivity contribution is 5.14. The molecule has 0 amide bonds. The van der Waals surface area contributed by atoms with E-state index in [1.165, 1.54) is 5.56 Å². The van der Waals surface area contributed by atoms with Crippen LogP contribution in [0.25, 0.3) is 0 Å². The maximum Gasteiger partial charge on any atom is 0.191 e. The second-order valence-electron chi connectivity index (χ2n) is 4.36. The van der Waals surface area contributed by atoms with Gasteiger partial charge in [0.2, 0.25) is 0 Å². The van der Waals surface area contributed by atoms with Crippen LogP contribution in [0.1, 0.15) is 36.5 Å². The lowest BCUT2D eigenvalue weighted by Crippen LogP contribution is -2.24. The lowest BCUT2D eigenvalue weighted by atomic mass is 10.1. The quantitative estimate of drug-likeness (QED) is 0.850. The number of pyridine rings is 1. The van der Waals surface area contributed by atoms with Gasteiger partial charge in [-0.1, -0.05) is 13.0 Å². The molecule has 1 N–H and O–H groups in total. The molecular weight excluding hydrogens is 226 g/mol. The van der Waals surface area contributed by atoms with E-state index >= 15 is 0 Å². The third-order valence-electron chi connectivity index (χ3n) is 2.80. The number of oxazole rings is 1. The SMILES string of the molecule is CCCNC(Cc1cccnc1)c1coc(C)n1. The van der Waals surface area contributed by atoms with Gasteiger partial charge in [-0.3, -0.25) is 4.98 Å². The van der Waals surface area contributed by atoms with Crippen LogP contribution < -0.4 is 5.32 Å². The Balaban J connectivity index is 2.10. The largest absolute Gasteiger partial charge is 0.449 e. The zero-order valence-corrected chi connectivity index (χ0v) is 10.9. The molecule has 4 heteroatoms. The van der Waals surface area contributed by atoms with Crippen molar-refractivity contribution in [2.24, 2.45) is 0 Å². The van der Waals surface area contributed by atoms with E-state index in [2.05, 4.69) is 28.3 Å². The first kappa shape index (κ1) is 12.8. The fourth-order valence-corrected chi connectivity index (χ4v) is 1.89. The molecule has 0 radical (unpaired) electrons. The summed E-state index contributed by atoms with van der Waals surface area (Å²) < 4.78 is 5.30. The van der Waals surface area contributed by atoms with Crippen LogP contribution in [0.2, 0.25) is 0 Å². The van der Waals surface area contributed by atoms with E-state index in [0.29, 0.717) is 5.89 Å². The topological polar surface area (TPSA) is 51.0 Å². The first-order chi connectivity index (χ1) is 8.79. The Bertz CT molecular complexity index is 467. The van der Waals surface area contributed by atoms with Gasteiger partial charge < -0.3 is 9.73 Å². The average Bonchev–Trinajstić information content (AvgIpc) is 2.82. The van der Waals surface area contributed by atoms with Crippen molar-refractivity contribution in [3.63, 3.8) is 0 Å². The second-order valence-corrected chi connectivity index (χ2v) is 4.36. The standard InChI is InChI=1S/C14H19N3O/c1-3-6-16-13(14-10-18-11(2)17-14)8-12-5-4-7-15-9-12/h4-5,7,9-10,13,16H,3,6,8H2,1-2H3. The van der Waals surface area contributed by atoms with Crippen molar-refractivity contribution in [2.75, 3.05) is 6.54 Å². The number of aromatic nitrogens is 2. The molecule has 2 aromatic rings. The van der Waals surface area contributed by atoms with E-state index in [1.807, 2.05) is 19.2 Å². The molecule has 0 aromatic carbocycles. The lowest BCUT2D eigenvalue weighted by molar-refractivity contribution is 0.503. The number of rotatable bonds is 6. The molecule has 0 bridgehead atoms. The molecule has 2 heterocycles. The van der Waals surface area contributed by atoms with Crippen molar-refractivity contribution in [1.82, 2.24) is 15.3 Å². The minimum Gasteiger partial charge on any atom is -0.449 e. The van der Waals surface area contributed by atoms with Gasteiger partial charge in [0.25, 0.3) is 0 Å². The Labute approximate surface area is 107 Å². The summed E-state index contributed by atoms with van der Waals surface area (Å²) in [5.41, 5.74) is 2.16. The summed E-state index contributed by atoms with van der Waals surface area (Å²) in [6, 6.07) is 4.23. The van der Waals surface area contributed by atoms with Crippen molar-refractivity contribution in [2.45, 2.75) is 32.7 Å². The molecule has 0 spiro atoms. The highest BCUT2D eigenvalue weighted by atomic mass is 16.3. The van der Waals surface area contributed by atoms with Gasteiger partial charge in [-0.05, 0) is 31.0 Å². The van der Waals surface area contributed by atoms with Gasteiger partial charge in [0.05, 0.1) is 11.7 Å². The molecule has 0 fully saturated rings. The Morgan fingerprint density at radius 2 is 2.33 bits per heavy atom. The zero-order valence-electron chi connectivity index (χ0n) is 10.9. The smallest absolute Gasteiger partial charge is 0.191 e. The van der Waals surface area contributed by atoms with E-state index < -0.39 is 0 Å². The molecular formula is C14H19N3O. The summed E-state index contributed by atoms with van der Waals surface area (Å²) in [6.45, 7) is 4.99. The lowest BCUT2D eigenvalue weighted by Gasteiger charge is -2.15. The van der Waals surface area contributed by atoms with Crippen LogP contribution in [0, 0.1) is 6.92 Å². The van der Waals surface area contributed by atoms with Crippen LogP contribution in [-0.2, 0) is 6.42 Å². The van der Waals surface area contributed by atoms with Crippen LogP contribution in [0.4, 0.5) is 0 Å². The van der Waals surface area contributed by atoms with Crippen molar-refractivity contribution in [3.05, 3.63) is 47.9 Å². The third-order valence-corrected chi connectivity index (χ3v) is 2.80. The third kappa shape index (κ3) is 3.40. The number of hydrogen-bond acceptors (Lipinski definition) is 4. The molecule has 1 atom stereocenters. The minimum atomic E-state index is 0.187. The van der Waals surface area contributed by atoms with Gasteiger partial charge in [0.15, 0.2) is 5.89 Å². The van der Waals surface area contributed by atoms with Crippen molar-refractivity contribution >= 4 is 0 Å². The molecule has 4 nitrogen and oxygen atoms in total. The van der Waals surface area contributed by atoms with Crippen LogP contribution in [0.5, 0.6) is 0 Å². The zero-order chi connectivity index (χ0) is 12.8. The summed E-state index contributed by atoms with van der Waals surface area (Å²) in [7, 11) is 0. The summed E-state index contributed by atoms with van der Waals surface area (Å²) in [6.07, 6.45) is 7.39. The Kier molecular flexibility index (Phi) is 4.47. The molecule has 0 aliphatic carbocycles. The summed E-state index contributed by atoms with van der Waals surface area (Å²) in [5.74, 6) is 0.708. The molecule has 0 aliphatic rings. The molecule has 0 aliphatic heterocycles. The van der Waals surface area contributed by atoms with Gasteiger partial charge >= 0.3 is 0 Å². The number of nitrogens with one attached hydrogen (secondary N) is 1. The highest BCUT2D eigenvalue weighted by Crippen LogP contribution is 2.17. The maximum absolute atomic E-state index is 5.30. The van der Waals surface area contributed by atoms with Crippen LogP contribution in [0.15, 0.2) is 35.2 Å². The predicted octanol–water partition coefficient (Wildman–Crippen LogP) is 2.66. The van der Waals surface area contributed by atoms with E-state index in [-0.39, 0.29) is 6.04 Å². The summed E-state index contributed by atoms with van der Waals surface area (Å²) in [5, 5.41) is 3.50. The summed E-state index contributed by atoms with van der Waals surface area (Å²) in [4.78, 5) is 8.56. The van der Waals surface area contributed by atoms with Crippen molar-refractivity contribution in [3.8, 4) is 0 Å². The molecule has 0 saturated carbocycles. The Morgan fingerprint density at radius 1 is 1.44 bits per heavy atom. The Hall–Kier alpha value is -1.68. The normalized spacial score (nSPS) is 12.6. The maximum atomic E-state index is 5.30. The number of nitrogens with zero attached hydrogens (tertiary/aromatic N) is 2. The first-order valence-corrected chi connectivity index (χ1v) is 6.34. The van der Waals surface area contributed by atoms with Gasteiger partial charge in [0, 0.05) is 19.3 Å². The van der Waals surface area contributed by atoms with E-state index in [0.717, 1.165) is 25.1 Å². The molecule has 2 aromatic heterocycles.